The molecule has 4 aromatic rings. The summed E-state index contributed by atoms with van der Waals surface area (Å²) in [5.74, 6) is -0.384. The predicted molar refractivity (Wildman–Crippen MR) is 161 cm³/mol. The standard InChI is InChI=1S/C30H24ClN3O5S2/c1-38-23-15-11-20(16-24(23)39-2)26-25(22(35)14-10-18-6-4-3-5-7-18)27(36)28(37)34(26)29-32-33-30(41-29)40-17-19-8-12-21(31)13-9-19/h3-16,26,36H,17H2,1-2H3/b14-10+. The van der Waals surface area contributed by atoms with Crippen LogP contribution in [0.15, 0.2) is 94.5 Å². The maximum atomic E-state index is 13.5. The Morgan fingerprint density at radius 3 is 2.49 bits per heavy atom. The molecule has 0 spiro atoms. The van der Waals surface area contributed by atoms with Gasteiger partial charge in [-0.05, 0) is 47.0 Å². The molecule has 1 amide bonds. The number of ketones is 1. The summed E-state index contributed by atoms with van der Waals surface area (Å²) < 4.78 is 11.5. The lowest BCUT2D eigenvalue weighted by molar-refractivity contribution is -0.117. The zero-order chi connectivity index (χ0) is 28.9. The van der Waals surface area contributed by atoms with Gasteiger partial charge in [-0.15, -0.1) is 10.2 Å². The Balaban J connectivity index is 1.50. The SMILES string of the molecule is COc1ccc(C2C(C(=O)/C=C/c3ccccc3)=C(O)C(=O)N2c2nnc(SCc3ccc(Cl)cc3)s2)cc1OC. The Morgan fingerprint density at radius 1 is 1.05 bits per heavy atom. The number of amides is 1. The number of thioether (sulfide) groups is 1. The number of carbonyl (C=O) groups excluding carboxylic acids is 2. The van der Waals surface area contributed by atoms with Gasteiger partial charge < -0.3 is 14.6 Å². The molecule has 41 heavy (non-hydrogen) atoms. The number of allylic oxidation sites excluding steroid dienone is 1. The van der Waals surface area contributed by atoms with Gasteiger partial charge in [0.1, 0.15) is 0 Å². The molecule has 0 radical (unpaired) electrons. The highest BCUT2D eigenvalue weighted by Crippen LogP contribution is 2.45. The monoisotopic (exact) mass is 605 g/mol. The molecule has 0 bridgehead atoms. The summed E-state index contributed by atoms with van der Waals surface area (Å²) in [5, 5.41) is 20.4. The zero-order valence-corrected chi connectivity index (χ0v) is 24.4. The molecule has 0 saturated carbocycles. The lowest BCUT2D eigenvalue weighted by Gasteiger charge is -2.24. The minimum atomic E-state index is -0.975. The van der Waals surface area contributed by atoms with Crippen molar-refractivity contribution < 1.29 is 24.2 Å². The maximum absolute atomic E-state index is 13.5. The number of aliphatic hydroxyl groups is 1. The molecule has 1 aliphatic rings. The normalized spacial score (nSPS) is 15.1. The van der Waals surface area contributed by atoms with Gasteiger partial charge in [0.05, 0.1) is 25.8 Å². The lowest BCUT2D eigenvalue weighted by Crippen LogP contribution is -2.30. The maximum Gasteiger partial charge on any atom is 0.296 e. The fraction of sp³-hybridized carbons (Fsp3) is 0.133. The van der Waals surface area contributed by atoms with Crippen molar-refractivity contribution >= 4 is 57.6 Å². The molecule has 3 aromatic carbocycles. The number of halogens is 1. The molecule has 0 aliphatic carbocycles. The Bertz CT molecular complexity index is 1640. The zero-order valence-electron chi connectivity index (χ0n) is 22.0. The van der Waals surface area contributed by atoms with E-state index in [9.17, 15) is 14.7 Å². The topological polar surface area (TPSA) is 102 Å². The van der Waals surface area contributed by atoms with Crippen LogP contribution in [0.4, 0.5) is 5.13 Å². The van der Waals surface area contributed by atoms with Gasteiger partial charge in [0, 0.05) is 10.8 Å². The van der Waals surface area contributed by atoms with Crippen LogP contribution in [0.1, 0.15) is 22.7 Å². The summed E-state index contributed by atoms with van der Waals surface area (Å²) >= 11 is 8.63. The van der Waals surface area contributed by atoms with Gasteiger partial charge in [-0.3, -0.25) is 14.5 Å². The first-order chi connectivity index (χ1) is 19.9. The Kier molecular flexibility index (Phi) is 8.72. The van der Waals surface area contributed by atoms with Crippen LogP contribution in [0, 0.1) is 0 Å². The first-order valence-electron chi connectivity index (χ1n) is 12.4. The van der Waals surface area contributed by atoms with Crippen molar-refractivity contribution in [1.82, 2.24) is 10.2 Å². The molecule has 208 valence electrons. The van der Waals surface area contributed by atoms with E-state index in [1.165, 1.54) is 48.3 Å². The van der Waals surface area contributed by atoms with Crippen molar-refractivity contribution in [2.45, 2.75) is 16.1 Å². The van der Waals surface area contributed by atoms with Crippen molar-refractivity contribution in [3.05, 3.63) is 112 Å². The number of methoxy groups -OCH3 is 2. The van der Waals surface area contributed by atoms with Crippen LogP contribution in [-0.4, -0.2) is 41.2 Å². The number of rotatable bonds is 10. The highest BCUT2D eigenvalue weighted by atomic mass is 35.5. The quantitative estimate of drug-likeness (QED) is 0.121. The van der Waals surface area contributed by atoms with Gasteiger partial charge in [0.15, 0.2) is 27.4 Å². The van der Waals surface area contributed by atoms with Crippen LogP contribution in [-0.2, 0) is 15.3 Å². The smallest absolute Gasteiger partial charge is 0.296 e. The van der Waals surface area contributed by atoms with E-state index in [-0.39, 0.29) is 10.7 Å². The van der Waals surface area contributed by atoms with Gasteiger partial charge in [-0.1, -0.05) is 89.3 Å². The van der Waals surface area contributed by atoms with Gasteiger partial charge in [0.25, 0.3) is 5.91 Å². The van der Waals surface area contributed by atoms with Crippen molar-refractivity contribution in [2.24, 2.45) is 0 Å². The van der Waals surface area contributed by atoms with Crippen molar-refractivity contribution in [1.29, 1.82) is 0 Å². The van der Waals surface area contributed by atoms with Crippen molar-refractivity contribution in [3.8, 4) is 11.5 Å². The number of carbonyl (C=O) groups is 2. The number of ether oxygens (including phenoxy) is 2. The summed E-state index contributed by atoms with van der Waals surface area (Å²) in [7, 11) is 3.01. The molecule has 1 aliphatic heterocycles. The average Bonchev–Trinajstić information content (AvgIpc) is 3.57. The molecular weight excluding hydrogens is 582 g/mol. The lowest BCUT2D eigenvalue weighted by atomic mass is 9.95. The fourth-order valence-corrected chi connectivity index (χ4v) is 6.25. The van der Waals surface area contributed by atoms with Crippen LogP contribution in [0.3, 0.4) is 0 Å². The highest BCUT2D eigenvalue weighted by Gasteiger charge is 2.45. The van der Waals surface area contributed by atoms with Gasteiger partial charge >= 0.3 is 0 Å². The number of anilines is 1. The van der Waals surface area contributed by atoms with E-state index in [0.717, 1.165) is 11.1 Å². The molecule has 2 heterocycles. The summed E-state index contributed by atoms with van der Waals surface area (Å²) in [6.45, 7) is 0. The van der Waals surface area contributed by atoms with E-state index in [4.69, 9.17) is 21.1 Å². The summed E-state index contributed by atoms with van der Waals surface area (Å²) in [5.41, 5.74) is 2.31. The van der Waals surface area contributed by atoms with Crippen molar-refractivity contribution in [3.63, 3.8) is 0 Å². The molecule has 1 aromatic heterocycles. The molecular formula is C30H24ClN3O5S2. The first-order valence-corrected chi connectivity index (χ1v) is 14.5. The fourth-order valence-electron chi connectivity index (χ4n) is 4.30. The molecule has 5 rings (SSSR count). The minimum absolute atomic E-state index is 0.0695. The number of hydrogen-bond acceptors (Lipinski definition) is 9. The minimum Gasteiger partial charge on any atom is -0.503 e. The van der Waals surface area contributed by atoms with Crippen LogP contribution >= 0.6 is 34.7 Å². The third-order valence-electron chi connectivity index (χ3n) is 6.30. The number of aliphatic hydroxyl groups excluding tert-OH is 1. The van der Waals surface area contributed by atoms with Gasteiger partial charge in [0.2, 0.25) is 5.13 Å². The van der Waals surface area contributed by atoms with E-state index in [1.54, 1.807) is 24.3 Å². The van der Waals surface area contributed by atoms with E-state index in [1.807, 2.05) is 54.6 Å². The van der Waals surface area contributed by atoms with Crippen LogP contribution in [0.2, 0.25) is 5.02 Å². The molecule has 11 heteroatoms. The number of hydrogen-bond donors (Lipinski definition) is 1. The molecule has 1 atom stereocenters. The highest BCUT2D eigenvalue weighted by molar-refractivity contribution is 8.00. The number of benzene rings is 3. The summed E-state index contributed by atoms with van der Waals surface area (Å²) in [6, 6.07) is 20.9. The average molecular weight is 606 g/mol. The molecule has 1 N–H and O–H groups in total. The second kappa shape index (κ2) is 12.6. The molecule has 8 nitrogen and oxygen atoms in total. The summed E-state index contributed by atoms with van der Waals surface area (Å²) in [4.78, 5) is 28.3. The molecule has 1 unspecified atom stereocenters. The van der Waals surface area contributed by atoms with E-state index < -0.39 is 23.5 Å². The Labute approximate surface area is 249 Å². The summed E-state index contributed by atoms with van der Waals surface area (Å²) in [6.07, 6.45) is 2.98. The van der Waals surface area contributed by atoms with Crippen LogP contribution < -0.4 is 14.4 Å². The van der Waals surface area contributed by atoms with Crippen molar-refractivity contribution in [2.75, 3.05) is 19.1 Å². The molecule has 0 fully saturated rings. The third-order valence-corrected chi connectivity index (χ3v) is 8.68. The van der Waals surface area contributed by atoms with Gasteiger partial charge in [-0.25, -0.2) is 0 Å². The van der Waals surface area contributed by atoms with Crippen LogP contribution in [0.25, 0.3) is 6.08 Å². The Morgan fingerprint density at radius 2 is 1.78 bits per heavy atom. The van der Waals surface area contributed by atoms with E-state index in [2.05, 4.69) is 10.2 Å². The molecule has 0 saturated heterocycles. The van der Waals surface area contributed by atoms with Crippen LogP contribution in [0.5, 0.6) is 11.5 Å². The Hall–Kier alpha value is -4.12. The van der Waals surface area contributed by atoms with Gasteiger partial charge in [-0.2, -0.15) is 0 Å². The second-order valence-electron chi connectivity index (χ2n) is 8.83. The number of nitrogens with zero attached hydrogens (tertiary/aromatic N) is 3. The third kappa shape index (κ3) is 6.14. The predicted octanol–water partition coefficient (Wildman–Crippen LogP) is 6.68. The van der Waals surface area contributed by atoms with E-state index >= 15 is 0 Å². The second-order valence-corrected chi connectivity index (χ2v) is 11.4. The number of aromatic nitrogens is 2. The largest absolute Gasteiger partial charge is 0.503 e. The van der Waals surface area contributed by atoms with E-state index in [0.29, 0.717) is 32.2 Å². The first kappa shape index (κ1) is 28.4.